The maximum absolute atomic E-state index is 10.9. The number of anilines is 1. The van der Waals surface area contributed by atoms with Gasteiger partial charge in [-0.25, -0.2) is 0 Å². The smallest absolute Gasteiger partial charge is 0.269 e. The average Bonchev–Trinajstić information content (AvgIpc) is 2.46. The molecule has 0 aliphatic carbocycles. The third-order valence-electron chi connectivity index (χ3n) is 3.67. The van der Waals surface area contributed by atoms with Crippen LogP contribution in [0.15, 0.2) is 18.2 Å². The summed E-state index contributed by atoms with van der Waals surface area (Å²) in [7, 11) is 0. The van der Waals surface area contributed by atoms with Crippen molar-refractivity contribution in [2.75, 3.05) is 11.4 Å². The van der Waals surface area contributed by atoms with Gasteiger partial charge in [0, 0.05) is 36.3 Å². The van der Waals surface area contributed by atoms with Crippen LogP contribution < -0.4 is 4.90 Å². The largest absolute Gasteiger partial charge is 0.368 e. The minimum Gasteiger partial charge on any atom is -0.368 e. The van der Waals surface area contributed by atoms with Crippen LogP contribution in [0.4, 0.5) is 11.4 Å². The Kier molecular flexibility index (Phi) is 6.96. The number of halogens is 1. The van der Waals surface area contributed by atoms with Crippen molar-refractivity contribution >= 4 is 23.0 Å². The zero-order chi connectivity index (χ0) is 16.0. The summed E-state index contributed by atoms with van der Waals surface area (Å²) < 4.78 is 0. The Bertz CT molecular complexity index is 473. The van der Waals surface area contributed by atoms with E-state index >= 15 is 0 Å². The first-order chi connectivity index (χ1) is 9.94. The number of nitro groups is 1. The maximum atomic E-state index is 10.9. The van der Waals surface area contributed by atoms with Gasteiger partial charge in [-0.3, -0.25) is 10.1 Å². The predicted molar refractivity (Wildman–Crippen MR) is 89.2 cm³/mol. The zero-order valence-electron chi connectivity index (χ0n) is 13.3. The van der Waals surface area contributed by atoms with Gasteiger partial charge >= 0.3 is 0 Å². The highest BCUT2D eigenvalue weighted by molar-refractivity contribution is 6.17. The van der Waals surface area contributed by atoms with Gasteiger partial charge in [0.15, 0.2) is 0 Å². The summed E-state index contributed by atoms with van der Waals surface area (Å²) in [5.74, 6) is 0.801. The van der Waals surface area contributed by atoms with Gasteiger partial charge in [-0.1, -0.05) is 27.7 Å². The van der Waals surface area contributed by atoms with Gasteiger partial charge in [0.2, 0.25) is 0 Å². The second-order valence-corrected chi connectivity index (χ2v) is 5.99. The van der Waals surface area contributed by atoms with Gasteiger partial charge in [0.1, 0.15) is 0 Å². The second-order valence-electron chi connectivity index (χ2n) is 5.72. The van der Waals surface area contributed by atoms with Crippen LogP contribution in [0.3, 0.4) is 0 Å². The summed E-state index contributed by atoms with van der Waals surface area (Å²) >= 11 is 6.03. The van der Waals surface area contributed by atoms with E-state index in [9.17, 15) is 10.1 Å². The van der Waals surface area contributed by atoms with Crippen molar-refractivity contribution in [2.24, 2.45) is 5.92 Å². The van der Waals surface area contributed by atoms with E-state index in [4.69, 9.17) is 11.6 Å². The monoisotopic (exact) mass is 312 g/mol. The Morgan fingerprint density at radius 1 is 1.29 bits per heavy atom. The van der Waals surface area contributed by atoms with Crippen molar-refractivity contribution in [3.63, 3.8) is 0 Å². The molecule has 0 unspecified atom stereocenters. The highest BCUT2D eigenvalue weighted by Gasteiger charge is 2.21. The standard InChI is InChI=1S/C16H25ClN2O2/c1-5-14(6-2)18(11-12(3)4)16-8-7-15(19(20)21)9-13(16)10-17/h7-9,12,14H,5-6,10-11H2,1-4H3. The number of hydrogen-bond donors (Lipinski definition) is 0. The van der Waals surface area contributed by atoms with Crippen LogP contribution in [0.1, 0.15) is 46.1 Å². The Balaban J connectivity index is 3.25. The number of rotatable bonds is 8. The highest BCUT2D eigenvalue weighted by atomic mass is 35.5. The van der Waals surface area contributed by atoms with Gasteiger partial charge in [-0.2, -0.15) is 0 Å². The van der Waals surface area contributed by atoms with Crippen molar-refractivity contribution in [1.29, 1.82) is 0 Å². The first-order valence-electron chi connectivity index (χ1n) is 7.54. The number of nitro benzene ring substituents is 1. The molecule has 0 radical (unpaired) electrons. The molecule has 4 nitrogen and oxygen atoms in total. The predicted octanol–water partition coefficient (Wildman–Crippen LogP) is 4.98. The minimum absolute atomic E-state index is 0.100. The van der Waals surface area contributed by atoms with E-state index < -0.39 is 0 Å². The third-order valence-corrected chi connectivity index (χ3v) is 3.96. The van der Waals surface area contributed by atoms with Crippen LogP contribution in [-0.2, 0) is 5.88 Å². The third kappa shape index (κ3) is 4.60. The summed E-state index contributed by atoms with van der Waals surface area (Å²) in [5, 5.41) is 10.9. The van der Waals surface area contributed by atoms with Gasteiger partial charge in [-0.15, -0.1) is 11.6 Å². The fourth-order valence-corrected chi connectivity index (χ4v) is 2.85. The van der Waals surface area contributed by atoms with E-state index in [1.54, 1.807) is 12.1 Å². The molecule has 118 valence electrons. The van der Waals surface area contributed by atoms with Crippen molar-refractivity contribution in [2.45, 2.75) is 52.5 Å². The number of nitrogens with zero attached hydrogens (tertiary/aromatic N) is 2. The summed E-state index contributed by atoms with van der Waals surface area (Å²) in [6.07, 6.45) is 2.09. The molecule has 1 aromatic rings. The molecule has 1 aromatic carbocycles. The Morgan fingerprint density at radius 3 is 2.33 bits per heavy atom. The SMILES string of the molecule is CCC(CC)N(CC(C)C)c1ccc([N+](=O)[O-])cc1CCl. The lowest BCUT2D eigenvalue weighted by atomic mass is 10.0. The number of alkyl halides is 1. The van der Waals surface area contributed by atoms with Gasteiger partial charge in [-0.05, 0) is 30.4 Å². The molecule has 21 heavy (non-hydrogen) atoms. The molecule has 0 fully saturated rings. The first-order valence-corrected chi connectivity index (χ1v) is 8.07. The number of benzene rings is 1. The van der Waals surface area contributed by atoms with Crippen molar-refractivity contribution in [3.8, 4) is 0 Å². The van der Waals surface area contributed by atoms with Crippen LogP contribution >= 0.6 is 11.6 Å². The molecule has 0 aromatic heterocycles. The van der Waals surface area contributed by atoms with Crippen LogP contribution in [0.5, 0.6) is 0 Å². The quantitative estimate of drug-likeness (QED) is 0.386. The fraction of sp³-hybridized carbons (Fsp3) is 0.625. The lowest BCUT2D eigenvalue weighted by molar-refractivity contribution is -0.384. The van der Waals surface area contributed by atoms with Crippen LogP contribution in [0.25, 0.3) is 0 Å². The van der Waals surface area contributed by atoms with Crippen LogP contribution in [-0.4, -0.2) is 17.5 Å². The Hall–Kier alpha value is -1.29. The van der Waals surface area contributed by atoms with Gasteiger partial charge in [0.25, 0.3) is 5.69 Å². The van der Waals surface area contributed by atoms with Gasteiger partial charge in [0.05, 0.1) is 4.92 Å². The molecule has 0 saturated carbocycles. The molecule has 0 bridgehead atoms. The summed E-state index contributed by atoms with van der Waals surface area (Å²) in [5.41, 5.74) is 1.96. The van der Waals surface area contributed by atoms with E-state index in [0.717, 1.165) is 30.6 Å². The molecule has 0 aliphatic heterocycles. The Labute approximate surface area is 132 Å². The molecular formula is C16H25ClN2O2. The second kappa shape index (κ2) is 8.23. The minimum atomic E-state index is -0.371. The number of non-ortho nitro benzene ring substituents is 1. The summed E-state index contributed by atoms with van der Waals surface area (Å²) in [6, 6.07) is 5.44. The normalized spacial score (nSPS) is 11.2. The summed E-state index contributed by atoms with van der Waals surface area (Å²) in [4.78, 5) is 12.9. The van der Waals surface area contributed by atoms with Crippen molar-refractivity contribution in [1.82, 2.24) is 0 Å². The number of hydrogen-bond acceptors (Lipinski definition) is 3. The molecule has 0 saturated heterocycles. The van der Waals surface area contributed by atoms with Crippen LogP contribution in [0, 0.1) is 16.0 Å². The lowest BCUT2D eigenvalue weighted by Crippen LogP contribution is -2.38. The van der Waals surface area contributed by atoms with E-state index in [1.165, 1.54) is 0 Å². The van der Waals surface area contributed by atoms with E-state index in [0.29, 0.717) is 12.0 Å². The molecule has 0 spiro atoms. The average molecular weight is 313 g/mol. The summed E-state index contributed by atoms with van der Waals surface area (Å²) in [6.45, 7) is 9.64. The lowest BCUT2D eigenvalue weighted by Gasteiger charge is -2.35. The van der Waals surface area contributed by atoms with E-state index in [-0.39, 0.29) is 16.5 Å². The molecule has 0 heterocycles. The van der Waals surface area contributed by atoms with Gasteiger partial charge < -0.3 is 4.90 Å². The fourth-order valence-electron chi connectivity index (χ4n) is 2.64. The molecule has 0 amide bonds. The van der Waals surface area contributed by atoms with Crippen molar-refractivity contribution in [3.05, 3.63) is 33.9 Å². The Morgan fingerprint density at radius 2 is 1.90 bits per heavy atom. The molecule has 0 aliphatic rings. The maximum Gasteiger partial charge on any atom is 0.269 e. The molecule has 5 heteroatoms. The molecule has 0 N–H and O–H groups in total. The molecule has 0 atom stereocenters. The first kappa shape index (κ1) is 17.8. The van der Waals surface area contributed by atoms with Crippen molar-refractivity contribution < 1.29 is 4.92 Å². The molecule has 1 rings (SSSR count). The van der Waals surface area contributed by atoms with Crippen LogP contribution in [0.2, 0.25) is 0 Å². The zero-order valence-corrected chi connectivity index (χ0v) is 14.1. The highest BCUT2D eigenvalue weighted by Crippen LogP contribution is 2.30. The van der Waals surface area contributed by atoms with E-state index in [2.05, 4.69) is 32.6 Å². The van der Waals surface area contributed by atoms with E-state index in [1.807, 2.05) is 6.07 Å². The molecular weight excluding hydrogens is 288 g/mol. The topological polar surface area (TPSA) is 46.4 Å².